The van der Waals surface area contributed by atoms with Crippen LogP contribution in [0.1, 0.15) is 10.4 Å². The fraction of sp³-hybridized carbons (Fsp3) is 0. The Morgan fingerprint density at radius 3 is 2.64 bits per heavy atom. The molecule has 1 amide bonds. The Balaban J connectivity index is 1.89. The van der Waals surface area contributed by atoms with Crippen LogP contribution in [0.5, 0.6) is 0 Å². The van der Waals surface area contributed by atoms with Crippen molar-refractivity contribution in [3.8, 4) is 11.3 Å². The van der Waals surface area contributed by atoms with Crippen molar-refractivity contribution in [2.75, 3.05) is 5.32 Å². The Labute approximate surface area is 131 Å². The Hall–Kier alpha value is -2.93. The van der Waals surface area contributed by atoms with Crippen molar-refractivity contribution >= 4 is 29.6 Å². The summed E-state index contributed by atoms with van der Waals surface area (Å²) in [7, 11) is 0. The molecule has 2 aromatic heterocycles. The maximum atomic E-state index is 11.4. The lowest BCUT2D eigenvalue weighted by molar-refractivity contribution is 0.100. The number of carbonyl (C=O) groups excluding carboxylic acids is 1. The van der Waals surface area contributed by atoms with Gasteiger partial charge in [-0.25, -0.2) is 4.98 Å². The number of hydrogen-bond acceptors (Lipinski definition) is 5. The van der Waals surface area contributed by atoms with Gasteiger partial charge in [-0.15, -0.1) is 0 Å². The maximum absolute atomic E-state index is 11.4. The Morgan fingerprint density at radius 1 is 1.23 bits per heavy atom. The Bertz CT molecular complexity index is 854. The monoisotopic (exact) mass is 312 g/mol. The first-order valence-corrected chi connectivity index (χ1v) is 6.83. The van der Waals surface area contributed by atoms with Crippen molar-refractivity contribution in [1.29, 1.82) is 0 Å². The third kappa shape index (κ3) is 2.89. The van der Waals surface area contributed by atoms with Crippen LogP contribution in [0.25, 0.3) is 11.3 Å². The summed E-state index contributed by atoms with van der Waals surface area (Å²) >= 11 is 5.07. The smallest absolute Gasteiger partial charge is 0.252 e. The molecule has 0 aliphatic rings. The summed E-state index contributed by atoms with van der Waals surface area (Å²) in [4.78, 5) is 18.2. The second-order valence-corrected chi connectivity index (χ2v) is 4.98. The molecular weight excluding hydrogens is 300 g/mol. The van der Waals surface area contributed by atoms with Gasteiger partial charge in [0, 0.05) is 11.3 Å². The number of aromatic nitrogens is 2. The van der Waals surface area contributed by atoms with E-state index in [0.29, 0.717) is 21.8 Å². The number of benzene rings is 1. The van der Waals surface area contributed by atoms with Gasteiger partial charge in [0.15, 0.2) is 12.2 Å². The molecule has 4 N–H and O–H groups in total. The molecular formula is C15H12N4O2S. The number of H-pyrrole nitrogens is 1. The van der Waals surface area contributed by atoms with Gasteiger partial charge in [0.2, 0.25) is 0 Å². The zero-order chi connectivity index (χ0) is 15.5. The van der Waals surface area contributed by atoms with Crippen LogP contribution in [0.3, 0.4) is 0 Å². The lowest BCUT2D eigenvalue weighted by atomic mass is 10.1. The number of oxazole rings is 1. The van der Waals surface area contributed by atoms with Gasteiger partial charge in [-0.3, -0.25) is 4.79 Å². The molecule has 110 valence electrons. The molecule has 0 saturated carbocycles. The summed E-state index contributed by atoms with van der Waals surface area (Å²) in [6.07, 6.45) is 3.02. The number of primary amides is 1. The highest BCUT2D eigenvalue weighted by molar-refractivity contribution is 7.71. The van der Waals surface area contributed by atoms with Crippen LogP contribution < -0.4 is 11.1 Å². The molecule has 22 heavy (non-hydrogen) atoms. The third-order valence-electron chi connectivity index (χ3n) is 3.06. The largest absolute Gasteiger partial charge is 0.444 e. The number of aromatic amines is 1. The molecule has 0 fully saturated rings. The van der Waals surface area contributed by atoms with Crippen molar-refractivity contribution in [3.05, 3.63) is 59.2 Å². The fourth-order valence-corrected chi connectivity index (χ4v) is 2.17. The van der Waals surface area contributed by atoms with Crippen LogP contribution in [0.4, 0.5) is 11.5 Å². The van der Waals surface area contributed by atoms with Crippen LogP contribution in [-0.2, 0) is 0 Å². The molecule has 3 rings (SSSR count). The van der Waals surface area contributed by atoms with Gasteiger partial charge in [0.05, 0.1) is 11.8 Å². The number of rotatable bonds is 4. The minimum absolute atomic E-state index is 0.341. The lowest BCUT2D eigenvalue weighted by Crippen LogP contribution is -2.14. The van der Waals surface area contributed by atoms with E-state index in [1.807, 2.05) is 24.3 Å². The predicted molar refractivity (Wildman–Crippen MR) is 85.4 cm³/mol. The van der Waals surface area contributed by atoms with Gasteiger partial charge in [-0.2, -0.15) is 0 Å². The average Bonchev–Trinajstić information content (AvgIpc) is 3.02. The molecule has 6 nitrogen and oxygen atoms in total. The van der Waals surface area contributed by atoms with Crippen molar-refractivity contribution in [2.24, 2.45) is 5.73 Å². The first kappa shape index (κ1) is 14.0. The number of nitrogens with zero attached hydrogens (tertiary/aromatic N) is 1. The Morgan fingerprint density at radius 2 is 2.00 bits per heavy atom. The first-order valence-electron chi connectivity index (χ1n) is 6.42. The first-order chi connectivity index (χ1) is 10.6. The highest BCUT2D eigenvalue weighted by Crippen LogP contribution is 2.23. The number of amides is 1. The average molecular weight is 312 g/mol. The number of carbonyl (C=O) groups is 1. The van der Waals surface area contributed by atoms with Gasteiger partial charge < -0.3 is 20.5 Å². The van der Waals surface area contributed by atoms with Gasteiger partial charge in [0.25, 0.3) is 5.91 Å². The standard InChI is InChI=1S/C15H12N4O2S/c16-14(20)11-5-6-13(22)19-15(11)18-10-3-1-9(2-4-10)12-7-17-8-21-12/h1-8H,(H2,16,20)(H2,18,19,22). The van der Waals surface area contributed by atoms with Crippen molar-refractivity contribution in [3.63, 3.8) is 0 Å². The van der Waals surface area contributed by atoms with E-state index in [0.717, 1.165) is 11.3 Å². The van der Waals surface area contributed by atoms with Crippen LogP contribution in [0.2, 0.25) is 0 Å². The van der Waals surface area contributed by atoms with E-state index in [1.54, 1.807) is 18.3 Å². The van der Waals surface area contributed by atoms with Crippen molar-refractivity contribution < 1.29 is 9.21 Å². The van der Waals surface area contributed by atoms with E-state index in [9.17, 15) is 4.79 Å². The molecule has 0 spiro atoms. The van der Waals surface area contributed by atoms with E-state index in [-0.39, 0.29) is 0 Å². The normalized spacial score (nSPS) is 10.4. The third-order valence-corrected chi connectivity index (χ3v) is 3.29. The summed E-state index contributed by atoms with van der Waals surface area (Å²) in [5.41, 5.74) is 7.38. The fourth-order valence-electron chi connectivity index (χ4n) is 2.00. The number of pyridine rings is 1. The molecule has 0 saturated heterocycles. The van der Waals surface area contributed by atoms with Gasteiger partial charge in [0.1, 0.15) is 10.5 Å². The topological polar surface area (TPSA) is 96.9 Å². The van der Waals surface area contributed by atoms with Crippen LogP contribution in [0, 0.1) is 4.64 Å². The highest BCUT2D eigenvalue weighted by atomic mass is 32.1. The Kier molecular flexibility index (Phi) is 3.71. The van der Waals surface area contributed by atoms with Gasteiger partial charge in [-0.05, 0) is 36.4 Å². The molecule has 0 atom stereocenters. The maximum Gasteiger partial charge on any atom is 0.252 e. The second-order valence-electron chi connectivity index (χ2n) is 4.54. The van der Waals surface area contributed by atoms with E-state index in [4.69, 9.17) is 22.4 Å². The zero-order valence-corrected chi connectivity index (χ0v) is 12.2. The summed E-state index contributed by atoms with van der Waals surface area (Å²) < 4.78 is 5.74. The quantitative estimate of drug-likeness (QED) is 0.643. The summed E-state index contributed by atoms with van der Waals surface area (Å²) in [5.74, 6) is 0.614. The number of anilines is 2. The predicted octanol–water partition coefficient (Wildman–Crippen LogP) is 3.24. The molecule has 3 aromatic rings. The second kappa shape index (κ2) is 5.82. The zero-order valence-electron chi connectivity index (χ0n) is 11.4. The SMILES string of the molecule is NC(=O)c1ccc(=S)[nH]c1Nc1ccc(-c2cnco2)cc1. The minimum Gasteiger partial charge on any atom is -0.444 e. The molecule has 7 heteroatoms. The molecule has 1 aromatic carbocycles. The highest BCUT2D eigenvalue weighted by Gasteiger charge is 2.09. The van der Waals surface area contributed by atoms with Gasteiger partial charge >= 0.3 is 0 Å². The van der Waals surface area contributed by atoms with E-state index < -0.39 is 5.91 Å². The van der Waals surface area contributed by atoms with Crippen molar-refractivity contribution in [1.82, 2.24) is 9.97 Å². The van der Waals surface area contributed by atoms with E-state index >= 15 is 0 Å². The number of nitrogens with two attached hydrogens (primary N) is 1. The minimum atomic E-state index is -0.535. The molecule has 0 aliphatic heterocycles. The number of hydrogen-bond donors (Lipinski definition) is 3. The molecule has 0 bridgehead atoms. The summed E-state index contributed by atoms with van der Waals surface area (Å²) in [5, 5.41) is 3.10. The number of nitrogens with one attached hydrogen (secondary N) is 2. The summed E-state index contributed by atoms with van der Waals surface area (Å²) in [6.45, 7) is 0. The van der Waals surface area contributed by atoms with Crippen LogP contribution >= 0.6 is 12.2 Å². The molecule has 0 aliphatic carbocycles. The lowest BCUT2D eigenvalue weighted by Gasteiger charge is -2.10. The van der Waals surface area contributed by atoms with Crippen LogP contribution in [-0.4, -0.2) is 15.9 Å². The molecule has 2 heterocycles. The molecule has 0 radical (unpaired) electrons. The van der Waals surface area contributed by atoms with Gasteiger partial charge in [-0.1, -0.05) is 12.2 Å². The van der Waals surface area contributed by atoms with Crippen LogP contribution in [0.15, 0.2) is 53.4 Å². The summed E-state index contributed by atoms with van der Waals surface area (Å²) in [6, 6.07) is 10.7. The van der Waals surface area contributed by atoms with Crippen molar-refractivity contribution in [2.45, 2.75) is 0 Å². The van der Waals surface area contributed by atoms with E-state index in [2.05, 4.69) is 15.3 Å². The van der Waals surface area contributed by atoms with E-state index in [1.165, 1.54) is 6.39 Å². The molecule has 0 unspecified atom stereocenters.